The number of amides is 2. The van der Waals surface area contributed by atoms with Gasteiger partial charge in [0.2, 0.25) is 0 Å². The lowest BCUT2D eigenvalue weighted by Crippen LogP contribution is -2.53. The maximum absolute atomic E-state index is 13.9. The summed E-state index contributed by atoms with van der Waals surface area (Å²) in [5.74, 6) is -0.568. The normalized spacial score (nSPS) is 15.0. The van der Waals surface area contributed by atoms with Crippen molar-refractivity contribution in [2.75, 3.05) is 13.2 Å². The maximum Gasteiger partial charge on any atom is 0.265 e. The van der Waals surface area contributed by atoms with Crippen LogP contribution < -0.4 is 14.8 Å². The summed E-state index contributed by atoms with van der Waals surface area (Å²) in [6, 6.07) is 9.78. The van der Waals surface area contributed by atoms with Crippen LogP contribution in [-0.4, -0.2) is 35.0 Å². The summed E-state index contributed by atoms with van der Waals surface area (Å²) in [7, 11) is 0. The van der Waals surface area contributed by atoms with E-state index in [4.69, 9.17) is 21.7 Å². The molecule has 2 aromatic rings. The first-order chi connectivity index (χ1) is 15.3. The van der Waals surface area contributed by atoms with Crippen LogP contribution in [0.4, 0.5) is 4.39 Å². The first kappa shape index (κ1) is 23.9. The quantitative estimate of drug-likeness (QED) is 0.171. The van der Waals surface area contributed by atoms with Gasteiger partial charge in [-0.05, 0) is 71.6 Å². The molecule has 0 aromatic heterocycles. The van der Waals surface area contributed by atoms with Crippen molar-refractivity contribution in [2.45, 2.75) is 13.5 Å². The highest BCUT2D eigenvalue weighted by Crippen LogP contribution is 2.36. The van der Waals surface area contributed by atoms with Gasteiger partial charge in [-0.25, -0.2) is 4.39 Å². The van der Waals surface area contributed by atoms with Crippen LogP contribution in [0.1, 0.15) is 18.1 Å². The summed E-state index contributed by atoms with van der Waals surface area (Å²) in [4.78, 5) is 26.4. The van der Waals surface area contributed by atoms with Gasteiger partial charge >= 0.3 is 0 Å². The third-order valence-corrected chi connectivity index (χ3v) is 5.59. The third kappa shape index (κ3) is 5.33. The predicted octanol–water partition coefficient (Wildman–Crippen LogP) is 4.22. The summed E-state index contributed by atoms with van der Waals surface area (Å²) < 4.78 is 26.2. The first-order valence-corrected chi connectivity index (χ1v) is 11.2. The molecule has 6 nitrogen and oxygen atoms in total. The van der Waals surface area contributed by atoms with E-state index in [2.05, 4.69) is 34.5 Å². The van der Waals surface area contributed by atoms with Crippen LogP contribution >= 0.6 is 34.8 Å². The van der Waals surface area contributed by atoms with E-state index < -0.39 is 11.8 Å². The molecule has 0 aliphatic carbocycles. The molecule has 2 aromatic carbocycles. The Morgan fingerprint density at radius 2 is 2.00 bits per heavy atom. The highest BCUT2D eigenvalue weighted by molar-refractivity contribution is 14.1. The number of nitrogens with zero attached hydrogens (tertiary/aromatic N) is 1. The Labute approximate surface area is 204 Å². The molecule has 0 saturated carbocycles. The van der Waals surface area contributed by atoms with Gasteiger partial charge in [0.15, 0.2) is 16.6 Å². The number of hydrogen-bond donors (Lipinski definition) is 1. The second kappa shape index (κ2) is 10.7. The number of benzene rings is 2. The standard InChI is InChI=1S/C23H20FIN2O4S/c1-3-9-27-22(29)16(21(28)26-23(27)32)10-14-11-18(25)20(19(12-14)30-4-2)31-13-15-7-5-6-8-17(15)24/h3,5-8,10-12H,1,4,9,13H2,2H3,(H,26,28,32)/b16-10+. The van der Waals surface area contributed by atoms with Crippen LogP contribution in [0.3, 0.4) is 0 Å². The molecule has 0 bridgehead atoms. The smallest absolute Gasteiger partial charge is 0.265 e. The number of ether oxygens (including phenoxy) is 2. The Kier molecular flexibility index (Phi) is 7.97. The molecule has 0 unspecified atom stereocenters. The molecule has 32 heavy (non-hydrogen) atoms. The van der Waals surface area contributed by atoms with E-state index in [9.17, 15) is 14.0 Å². The zero-order chi connectivity index (χ0) is 23.3. The number of nitrogens with one attached hydrogen (secondary N) is 1. The van der Waals surface area contributed by atoms with Crippen molar-refractivity contribution in [1.82, 2.24) is 10.2 Å². The van der Waals surface area contributed by atoms with E-state index in [1.807, 2.05) is 6.92 Å². The maximum atomic E-state index is 13.9. The summed E-state index contributed by atoms with van der Waals surface area (Å²) >= 11 is 7.14. The highest BCUT2D eigenvalue weighted by atomic mass is 127. The molecule has 0 atom stereocenters. The van der Waals surface area contributed by atoms with Gasteiger partial charge in [-0.15, -0.1) is 6.58 Å². The molecule has 1 N–H and O–H groups in total. The fourth-order valence-electron chi connectivity index (χ4n) is 3.00. The molecule has 1 aliphatic heterocycles. The Morgan fingerprint density at radius 3 is 2.69 bits per heavy atom. The monoisotopic (exact) mass is 566 g/mol. The molecule has 1 saturated heterocycles. The number of carbonyl (C=O) groups is 2. The lowest BCUT2D eigenvalue weighted by Gasteiger charge is -2.27. The predicted molar refractivity (Wildman–Crippen MR) is 132 cm³/mol. The van der Waals surface area contributed by atoms with Gasteiger partial charge in [-0.2, -0.15) is 0 Å². The van der Waals surface area contributed by atoms with E-state index in [-0.39, 0.29) is 29.7 Å². The summed E-state index contributed by atoms with van der Waals surface area (Å²) in [5, 5.41) is 2.55. The number of rotatable bonds is 8. The van der Waals surface area contributed by atoms with Crippen molar-refractivity contribution in [3.8, 4) is 11.5 Å². The molecule has 1 fully saturated rings. The minimum Gasteiger partial charge on any atom is -0.490 e. The zero-order valence-electron chi connectivity index (χ0n) is 17.2. The van der Waals surface area contributed by atoms with Crippen molar-refractivity contribution >= 4 is 57.8 Å². The second-order valence-corrected chi connectivity index (χ2v) is 8.21. The van der Waals surface area contributed by atoms with Gasteiger partial charge in [-0.3, -0.25) is 19.8 Å². The lowest BCUT2D eigenvalue weighted by atomic mass is 10.1. The summed E-state index contributed by atoms with van der Waals surface area (Å²) in [6.07, 6.45) is 3.00. The van der Waals surface area contributed by atoms with Crippen LogP contribution in [0.25, 0.3) is 6.08 Å². The molecule has 0 radical (unpaired) electrons. The van der Waals surface area contributed by atoms with Crippen LogP contribution in [0.15, 0.2) is 54.6 Å². The van der Waals surface area contributed by atoms with E-state index in [0.29, 0.717) is 32.8 Å². The van der Waals surface area contributed by atoms with Gasteiger partial charge in [-0.1, -0.05) is 24.3 Å². The molecule has 3 rings (SSSR count). The minimum atomic E-state index is -0.576. The van der Waals surface area contributed by atoms with Crippen molar-refractivity contribution in [3.63, 3.8) is 0 Å². The van der Waals surface area contributed by atoms with Gasteiger partial charge in [0.05, 0.1) is 10.2 Å². The van der Waals surface area contributed by atoms with Crippen molar-refractivity contribution in [1.29, 1.82) is 0 Å². The van der Waals surface area contributed by atoms with Gasteiger partial charge in [0.1, 0.15) is 18.0 Å². The number of thiocarbonyl (C=S) groups is 1. The van der Waals surface area contributed by atoms with Crippen LogP contribution in [-0.2, 0) is 16.2 Å². The number of hydrogen-bond acceptors (Lipinski definition) is 5. The summed E-state index contributed by atoms with van der Waals surface area (Å²) in [6.45, 7) is 6.01. The summed E-state index contributed by atoms with van der Waals surface area (Å²) in [5.41, 5.74) is 0.930. The third-order valence-electron chi connectivity index (χ3n) is 4.47. The molecule has 1 aliphatic rings. The first-order valence-electron chi connectivity index (χ1n) is 9.68. The second-order valence-electron chi connectivity index (χ2n) is 6.66. The van der Waals surface area contributed by atoms with E-state index >= 15 is 0 Å². The lowest BCUT2D eigenvalue weighted by molar-refractivity contribution is -0.128. The molecule has 166 valence electrons. The topological polar surface area (TPSA) is 67.9 Å². The van der Waals surface area contributed by atoms with Crippen molar-refractivity contribution in [3.05, 3.63) is 75.1 Å². The minimum absolute atomic E-state index is 0.0258. The van der Waals surface area contributed by atoms with Crippen LogP contribution in [0.2, 0.25) is 0 Å². The zero-order valence-corrected chi connectivity index (χ0v) is 20.2. The number of carbonyl (C=O) groups excluding carboxylic acids is 2. The molecule has 2 amide bonds. The molecular formula is C23H20FIN2O4S. The van der Waals surface area contributed by atoms with Gasteiger partial charge in [0.25, 0.3) is 11.8 Å². The van der Waals surface area contributed by atoms with Crippen LogP contribution in [0, 0.1) is 9.39 Å². The fourth-order valence-corrected chi connectivity index (χ4v) is 4.03. The SMILES string of the molecule is C=CCN1C(=O)/C(=C/c2cc(I)c(OCc3ccccc3F)c(OCC)c2)C(=O)NC1=S. The Bertz CT molecular complexity index is 1120. The van der Waals surface area contributed by atoms with Crippen LogP contribution in [0.5, 0.6) is 11.5 Å². The molecule has 9 heteroatoms. The fraction of sp³-hybridized carbons (Fsp3) is 0.174. The Balaban J connectivity index is 1.93. The van der Waals surface area contributed by atoms with Crippen molar-refractivity contribution < 1.29 is 23.5 Å². The largest absolute Gasteiger partial charge is 0.490 e. The molecule has 0 spiro atoms. The van der Waals surface area contributed by atoms with E-state index in [1.165, 1.54) is 23.1 Å². The number of halogens is 2. The molecular weight excluding hydrogens is 546 g/mol. The Hall–Kier alpha value is -2.79. The average molecular weight is 566 g/mol. The molecule has 1 heterocycles. The Morgan fingerprint density at radius 1 is 1.25 bits per heavy atom. The van der Waals surface area contributed by atoms with E-state index in [1.54, 1.807) is 30.3 Å². The van der Waals surface area contributed by atoms with Gasteiger partial charge in [0, 0.05) is 12.1 Å². The average Bonchev–Trinajstić information content (AvgIpc) is 2.75. The van der Waals surface area contributed by atoms with Crippen molar-refractivity contribution in [2.24, 2.45) is 0 Å². The van der Waals surface area contributed by atoms with Gasteiger partial charge < -0.3 is 9.47 Å². The van der Waals surface area contributed by atoms with E-state index in [0.717, 1.165) is 0 Å². The highest BCUT2D eigenvalue weighted by Gasteiger charge is 2.32.